The summed E-state index contributed by atoms with van der Waals surface area (Å²) in [6, 6.07) is 12.7. The average molecular weight is 462 g/mol. The fourth-order valence-electron chi connectivity index (χ4n) is 2.88. The molecule has 0 aliphatic heterocycles. The van der Waals surface area contributed by atoms with Crippen LogP contribution in [0.1, 0.15) is 23.7 Å². The third-order valence-electron chi connectivity index (χ3n) is 4.22. The van der Waals surface area contributed by atoms with E-state index >= 15 is 0 Å². The van der Waals surface area contributed by atoms with Crippen LogP contribution >= 0.6 is 27.3 Å². The fraction of sp³-hybridized carbons (Fsp3) is 0.238. The first-order chi connectivity index (χ1) is 13.3. The Kier molecular flexibility index (Phi) is 6.59. The summed E-state index contributed by atoms with van der Waals surface area (Å²) in [5.74, 6) is -0.314. The van der Waals surface area contributed by atoms with Crippen LogP contribution in [-0.4, -0.2) is 22.8 Å². The van der Waals surface area contributed by atoms with Crippen LogP contribution in [0.25, 0.3) is 0 Å². The van der Waals surface area contributed by atoms with Crippen molar-refractivity contribution in [2.75, 3.05) is 11.9 Å². The van der Waals surface area contributed by atoms with E-state index in [9.17, 15) is 9.18 Å². The molecule has 0 spiro atoms. The predicted octanol–water partition coefficient (Wildman–Crippen LogP) is 5.67. The van der Waals surface area contributed by atoms with E-state index in [4.69, 9.17) is 0 Å². The maximum absolute atomic E-state index is 14.0. The van der Waals surface area contributed by atoms with E-state index in [1.807, 2.05) is 48.5 Å². The summed E-state index contributed by atoms with van der Waals surface area (Å²) in [5.41, 5.74) is 3.39. The Balaban J connectivity index is 1.74. The molecule has 0 aliphatic carbocycles. The van der Waals surface area contributed by atoms with Crippen molar-refractivity contribution in [3.05, 3.63) is 75.0 Å². The Bertz CT molecular complexity index is 974. The topological polar surface area (TPSA) is 36.4 Å². The van der Waals surface area contributed by atoms with Gasteiger partial charge in [0.2, 0.25) is 5.91 Å². The first-order valence-corrected chi connectivity index (χ1v) is 10.4. The molecule has 0 radical (unpaired) electrons. The lowest BCUT2D eigenvalue weighted by atomic mass is 10.2. The zero-order chi connectivity index (χ0) is 20.3. The molecule has 146 valence electrons. The van der Waals surface area contributed by atoms with E-state index < -0.39 is 0 Å². The lowest BCUT2D eigenvalue weighted by Crippen LogP contribution is -2.23. The molecule has 0 aliphatic rings. The second-order valence-corrected chi connectivity index (χ2v) is 8.47. The van der Waals surface area contributed by atoms with Crippen molar-refractivity contribution in [3.8, 4) is 0 Å². The van der Waals surface area contributed by atoms with Gasteiger partial charge in [-0.3, -0.25) is 14.6 Å². The summed E-state index contributed by atoms with van der Waals surface area (Å²) >= 11 is 4.80. The molecule has 0 saturated carbocycles. The number of aryl methyl sites for hydroxylation is 1. The lowest BCUT2D eigenvalue weighted by molar-refractivity contribution is -0.115. The smallest absolute Gasteiger partial charge is 0.230 e. The number of halogens is 2. The van der Waals surface area contributed by atoms with Crippen LogP contribution in [0.4, 0.5) is 15.2 Å². The number of anilines is 2. The number of aromatic nitrogens is 1. The van der Waals surface area contributed by atoms with E-state index in [2.05, 4.69) is 20.9 Å². The van der Waals surface area contributed by atoms with Crippen LogP contribution in [0.5, 0.6) is 0 Å². The molecule has 0 saturated heterocycles. The van der Waals surface area contributed by atoms with E-state index in [1.54, 1.807) is 17.0 Å². The van der Waals surface area contributed by atoms with Crippen LogP contribution < -0.4 is 4.90 Å². The van der Waals surface area contributed by atoms with Crippen LogP contribution in [0.2, 0.25) is 0 Å². The summed E-state index contributed by atoms with van der Waals surface area (Å²) in [5, 5.41) is 2.57. The second kappa shape index (κ2) is 8.94. The highest BCUT2D eigenvalue weighted by Crippen LogP contribution is 2.29. The summed E-state index contributed by atoms with van der Waals surface area (Å²) < 4.78 is 14.8. The third-order valence-corrected chi connectivity index (χ3v) is 5.59. The normalized spacial score (nSPS) is 11.1. The van der Waals surface area contributed by atoms with Crippen LogP contribution in [-0.2, 0) is 17.9 Å². The monoisotopic (exact) mass is 461 g/mol. The molecule has 7 heteroatoms. The molecule has 0 bridgehead atoms. The zero-order valence-electron chi connectivity index (χ0n) is 15.9. The van der Waals surface area contributed by atoms with Gasteiger partial charge >= 0.3 is 0 Å². The molecular weight excluding hydrogens is 441 g/mol. The standard InChI is InChI=1S/C21H21BrFN3OS/c1-14-4-7-19(8-5-14)26(15(2)27)21-24-18(13-28-21)12-25(3)11-16-10-17(22)6-9-20(16)23/h4-10,13H,11-12H2,1-3H3. The number of rotatable bonds is 6. The van der Waals surface area contributed by atoms with Gasteiger partial charge < -0.3 is 0 Å². The highest BCUT2D eigenvalue weighted by molar-refractivity contribution is 9.10. The molecule has 4 nitrogen and oxygen atoms in total. The molecule has 0 N–H and O–H groups in total. The summed E-state index contributed by atoms with van der Waals surface area (Å²) in [4.78, 5) is 20.4. The van der Waals surface area contributed by atoms with Gasteiger partial charge in [-0.1, -0.05) is 33.6 Å². The van der Waals surface area contributed by atoms with Crippen LogP contribution in [0.15, 0.2) is 52.3 Å². The van der Waals surface area contributed by atoms with Gasteiger partial charge in [-0.2, -0.15) is 0 Å². The van der Waals surface area contributed by atoms with Gasteiger partial charge in [0.1, 0.15) is 5.82 Å². The van der Waals surface area contributed by atoms with Gasteiger partial charge in [0.05, 0.1) is 11.4 Å². The molecule has 2 aromatic carbocycles. The number of benzene rings is 2. The largest absolute Gasteiger partial charge is 0.296 e. The molecule has 3 rings (SSSR count). The number of carbonyl (C=O) groups excluding carboxylic acids is 1. The minimum Gasteiger partial charge on any atom is -0.296 e. The number of nitrogens with zero attached hydrogens (tertiary/aromatic N) is 3. The maximum atomic E-state index is 14.0. The molecule has 0 atom stereocenters. The van der Waals surface area contributed by atoms with Gasteiger partial charge in [-0.15, -0.1) is 11.3 Å². The Morgan fingerprint density at radius 2 is 1.89 bits per heavy atom. The summed E-state index contributed by atoms with van der Waals surface area (Å²) in [6.07, 6.45) is 0. The lowest BCUT2D eigenvalue weighted by Gasteiger charge is -2.18. The maximum Gasteiger partial charge on any atom is 0.230 e. The highest BCUT2D eigenvalue weighted by atomic mass is 79.9. The van der Waals surface area contributed by atoms with E-state index in [0.29, 0.717) is 23.8 Å². The number of carbonyl (C=O) groups is 1. The first kappa shape index (κ1) is 20.6. The fourth-order valence-corrected chi connectivity index (χ4v) is 4.17. The van der Waals surface area contributed by atoms with Crippen LogP contribution in [0, 0.1) is 12.7 Å². The van der Waals surface area contributed by atoms with Crippen molar-refractivity contribution in [2.45, 2.75) is 26.9 Å². The van der Waals surface area contributed by atoms with Crippen LogP contribution in [0.3, 0.4) is 0 Å². The molecule has 1 aromatic heterocycles. The Morgan fingerprint density at radius 3 is 2.57 bits per heavy atom. The predicted molar refractivity (Wildman–Crippen MR) is 115 cm³/mol. The van der Waals surface area contributed by atoms with Gasteiger partial charge in [-0.25, -0.2) is 9.37 Å². The van der Waals surface area contributed by atoms with Crippen molar-refractivity contribution in [1.29, 1.82) is 0 Å². The van der Waals surface area contributed by atoms with Crippen molar-refractivity contribution in [1.82, 2.24) is 9.88 Å². The molecule has 1 amide bonds. The van der Waals surface area contributed by atoms with Gasteiger partial charge in [0.15, 0.2) is 5.13 Å². The van der Waals surface area contributed by atoms with Crippen molar-refractivity contribution < 1.29 is 9.18 Å². The zero-order valence-corrected chi connectivity index (χ0v) is 18.3. The van der Waals surface area contributed by atoms with E-state index in [0.717, 1.165) is 21.4 Å². The van der Waals surface area contributed by atoms with Crippen molar-refractivity contribution in [3.63, 3.8) is 0 Å². The first-order valence-electron chi connectivity index (χ1n) is 8.77. The third kappa shape index (κ3) is 5.04. The molecular formula is C21H21BrFN3OS. The molecule has 1 heterocycles. The average Bonchev–Trinajstić information content (AvgIpc) is 3.07. The minimum atomic E-state index is -0.226. The Hall–Kier alpha value is -2.09. The summed E-state index contributed by atoms with van der Waals surface area (Å²) in [7, 11) is 1.92. The van der Waals surface area contributed by atoms with Crippen molar-refractivity contribution >= 4 is 44.0 Å². The van der Waals surface area contributed by atoms with Gasteiger partial charge in [0, 0.05) is 35.4 Å². The van der Waals surface area contributed by atoms with Gasteiger partial charge in [0.25, 0.3) is 0 Å². The Morgan fingerprint density at radius 1 is 1.18 bits per heavy atom. The summed E-state index contributed by atoms with van der Waals surface area (Å²) in [6.45, 7) is 4.56. The SMILES string of the molecule is CC(=O)N(c1ccc(C)cc1)c1nc(CN(C)Cc2cc(Br)ccc2F)cs1. The van der Waals surface area contributed by atoms with E-state index in [-0.39, 0.29) is 11.7 Å². The Labute approximate surface area is 176 Å². The number of hydrogen-bond donors (Lipinski definition) is 0. The molecule has 0 fully saturated rings. The highest BCUT2D eigenvalue weighted by Gasteiger charge is 2.18. The molecule has 0 unspecified atom stereocenters. The number of hydrogen-bond acceptors (Lipinski definition) is 4. The minimum absolute atomic E-state index is 0.0886. The quantitative estimate of drug-likeness (QED) is 0.474. The van der Waals surface area contributed by atoms with Crippen molar-refractivity contribution in [2.24, 2.45) is 0 Å². The molecule has 28 heavy (non-hydrogen) atoms. The van der Waals surface area contributed by atoms with E-state index in [1.165, 1.54) is 24.3 Å². The number of amides is 1. The van der Waals surface area contributed by atoms with Gasteiger partial charge in [-0.05, 0) is 44.3 Å². The molecule has 3 aromatic rings. The second-order valence-electron chi connectivity index (χ2n) is 6.72. The number of thiazole rings is 1.